The third-order valence-corrected chi connectivity index (χ3v) is 5.49. The molecule has 1 aromatic heterocycles. The van der Waals surface area contributed by atoms with Gasteiger partial charge in [0.15, 0.2) is 0 Å². The summed E-state index contributed by atoms with van der Waals surface area (Å²) in [5, 5.41) is 8.95. The van der Waals surface area contributed by atoms with Crippen molar-refractivity contribution in [3.63, 3.8) is 0 Å². The van der Waals surface area contributed by atoms with Gasteiger partial charge < -0.3 is 14.2 Å². The number of piperidine rings is 2. The van der Waals surface area contributed by atoms with E-state index < -0.39 is 0 Å². The van der Waals surface area contributed by atoms with Crippen molar-refractivity contribution >= 4 is 5.91 Å². The highest BCUT2D eigenvalue weighted by molar-refractivity contribution is 5.77. The molecule has 0 aromatic carbocycles. The van der Waals surface area contributed by atoms with Crippen molar-refractivity contribution < 1.29 is 9.53 Å². The van der Waals surface area contributed by atoms with Gasteiger partial charge in [-0.05, 0) is 52.6 Å². The summed E-state index contributed by atoms with van der Waals surface area (Å²) < 4.78 is 7.63. The minimum absolute atomic E-state index is 0.0793. The molecular formula is C19H33N5O2. The third kappa shape index (κ3) is 4.82. The molecule has 0 saturated carbocycles. The average Bonchev–Trinajstić information content (AvgIpc) is 3.01. The van der Waals surface area contributed by atoms with E-state index in [-0.39, 0.29) is 24.5 Å². The lowest BCUT2D eigenvalue weighted by atomic mass is 9.97. The minimum Gasteiger partial charge on any atom is -0.369 e. The van der Waals surface area contributed by atoms with Crippen LogP contribution in [-0.2, 0) is 23.1 Å². The van der Waals surface area contributed by atoms with Crippen LogP contribution in [0.25, 0.3) is 0 Å². The molecule has 2 aliphatic rings. The highest BCUT2D eigenvalue weighted by atomic mass is 16.5. The molecule has 2 saturated heterocycles. The van der Waals surface area contributed by atoms with Crippen LogP contribution in [0.15, 0.2) is 0 Å². The van der Waals surface area contributed by atoms with Crippen LogP contribution in [0.1, 0.15) is 63.5 Å². The summed E-state index contributed by atoms with van der Waals surface area (Å²) in [5.74, 6) is 2.39. The number of ether oxygens (including phenoxy) is 1. The van der Waals surface area contributed by atoms with Gasteiger partial charge in [0.25, 0.3) is 0 Å². The molecule has 1 aromatic rings. The maximum absolute atomic E-state index is 12.4. The van der Waals surface area contributed by atoms with Gasteiger partial charge in [0.2, 0.25) is 5.91 Å². The molecule has 0 bridgehead atoms. The van der Waals surface area contributed by atoms with Gasteiger partial charge in [-0.15, -0.1) is 10.2 Å². The fraction of sp³-hybridized carbons (Fsp3) is 0.842. The van der Waals surface area contributed by atoms with Gasteiger partial charge in [0, 0.05) is 26.1 Å². The number of carbonyl (C=O) groups excluding carboxylic acids is 1. The van der Waals surface area contributed by atoms with Gasteiger partial charge in [-0.2, -0.15) is 0 Å². The Morgan fingerprint density at radius 3 is 2.65 bits per heavy atom. The Morgan fingerprint density at radius 1 is 1.15 bits per heavy atom. The molecule has 3 heterocycles. The first-order chi connectivity index (χ1) is 12.5. The fourth-order valence-corrected chi connectivity index (χ4v) is 3.93. The summed E-state index contributed by atoms with van der Waals surface area (Å²) in [6.45, 7) is 8.80. The maximum atomic E-state index is 12.4. The van der Waals surface area contributed by atoms with E-state index >= 15 is 0 Å². The SMILES string of the molecule is CC(C)OCC(=O)N1CCC[C@@H](c2nnc(CN3CCCCC3)n2C)C1. The first-order valence-electron chi connectivity index (χ1n) is 10.0. The molecule has 0 radical (unpaired) electrons. The summed E-state index contributed by atoms with van der Waals surface area (Å²) in [7, 11) is 2.07. The number of carbonyl (C=O) groups is 1. The molecule has 7 heteroatoms. The number of hydrogen-bond donors (Lipinski definition) is 0. The van der Waals surface area contributed by atoms with Crippen LogP contribution in [0.3, 0.4) is 0 Å². The standard InChI is InChI=1S/C19H33N5O2/c1-15(2)26-14-18(25)24-11-7-8-16(12-24)19-21-20-17(22(19)3)13-23-9-5-4-6-10-23/h15-16H,4-14H2,1-3H3/t16-/m1/s1. The van der Waals surface area contributed by atoms with Crippen molar-refractivity contribution in [2.45, 2.75) is 64.5 Å². The predicted octanol–water partition coefficient (Wildman–Crippen LogP) is 1.93. The molecule has 1 amide bonds. The van der Waals surface area contributed by atoms with Crippen LogP contribution in [0.2, 0.25) is 0 Å². The molecule has 0 unspecified atom stereocenters. The zero-order valence-electron chi connectivity index (χ0n) is 16.5. The lowest BCUT2D eigenvalue weighted by Gasteiger charge is -2.32. The summed E-state index contributed by atoms with van der Waals surface area (Å²) in [4.78, 5) is 16.8. The van der Waals surface area contributed by atoms with Gasteiger partial charge >= 0.3 is 0 Å². The summed E-state index contributed by atoms with van der Waals surface area (Å²) >= 11 is 0. The highest BCUT2D eigenvalue weighted by Crippen LogP contribution is 2.26. The van der Waals surface area contributed by atoms with Gasteiger partial charge in [0.05, 0.1) is 12.6 Å². The Kier molecular flexibility index (Phi) is 6.64. The molecule has 3 rings (SSSR count). The van der Waals surface area contributed by atoms with E-state index in [4.69, 9.17) is 4.74 Å². The number of likely N-dealkylation sites (tertiary alicyclic amines) is 2. The molecule has 26 heavy (non-hydrogen) atoms. The second-order valence-electron chi connectivity index (χ2n) is 7.91. The van der Waals surface area contributed by atoms with E-state index in [0.717, 1.165) is 57.2 Å². The Bertz CT molecular complexity index is 595. The average molecular weight is 364 g/mol. The van der Waals surface area contributed by atoms with E-state index in [9.17, 15) is 4.79 Å². The summed E-state index contributed by atoms with van der Waals surface area (Å²) in [6, 6.07) is 0. The molecule has 2 fully saturated rings. The summed E-state index contributed by atoms with van der Waals surface area (Å²) in [5.41, 5.74) is 0. The zero-order chi connectivity index (χ0) is 18.5. The van der Waals surface area contributed by atoms with Gasteiger partial charge in [-0.25, -0.2) is 0 Å². The van der Waals surface area contributed by atoms with Crippen LogP contribution < -0.4 is 0 Å². The quantitative estimate of drug-likeness (QED) is 0.773. The Labute approximate surface area is 156 Å². The molecule has 0 aliphatic carbocycles. The van der Waals surface area contributed by atoms with E-state index in [1.807, 2.05) is 18.7 Å². The predicted molar refractivity (Wildman–Crippen MR) is 99.8 cm³/mol. The van der Waals surface area contributed by atoms with Crippen LogP contribution in [0.5, 0.6) is 0 Å². The lowest BCUT2D eigenvalue weighted by Crippen LogP contribution is -2.41. The Morgan fingerprint density at radius 2 is 1.92 bits per heavy atom. The molecule has 1 atom stereocenters. The topological polar surface area (TPSA) is 63.5 Å². The first kappa shape index (κ1) is 19.3. The molecule has 2 aliphatic heterocycles. The molecule has 146 valence electrons. The normalized spacial score (nSPS) is 22.2. The van der Waals surface area contributed by atoms with Crippen LogP contribution in [0, 0.1) is 0 Å². The number of nitrogens with zero attached hydrogens (tertiary/aromatic N) is 5. The van der Waals surface area contributed by atoms with Crippen molar-refractivity contribution in [2.75, 3.05) is 32.8 Å². The van der Waals surface area contributed by atoms with Gasteiger partial charge in [0.1, 0.15) is 18.3 Å². The van der Waals surface area contributed by atoms with Crippen molar-refractivity contribution in [1.29, 1.82) is 0 Å². The van der Waals surface area contributed by atoms with Gasteiger partial charge in [-0.3, -0.25) is 9.69 Å². The van der Waals surface area contributed by atoms with Crippen molar-refractivity contribution in [3.8, 4) is 0 Å². The highest BCUT2D eigenvalue weighted by Gasteiger charge is 2.28. The summed E-state index contributed by atoms with van der Waals surface area (Å²) in [6.07, 6.45) is 6.05. The van der Waals surface area contributed by atoms with Crippen LogP contribution >= 0.6 is 0 Å². The molecule has 0 N–H and O–H groups in total. The Balaban J connectivity index is 1.60. The number of amides is 1. The fourth-order valence-electron chi connectivity index (χ4n) is 3.93. The second-order valence-corrected chi connectivity index (χ2v) is 7.91. The number of hydrogen-bond acceptors (Lipinski definition) is 5. The van der Waals surface area contributed by atoms with Crippen LogP contribution in [0.4, 0.5) is 0 Å². The third-order valence-electron chi connectivity index (χ3n) is 5.49. The monoisotopic (exact) mass is 363 g/mol. The molecule has 7 nitrogen and oxygen atoms in total. The van der Waals surface area contributed by atoms with Gasteiger partial charge in [-0.1, -0.05) is 6.42 Å². The first-order valence-corrected chi connectivity index (χ1v) is 10.0. The van der Waals surface area contributed by atoms with E-state index in [1.165, 1.54) is 19.3 Å². The van der Waals surface area contributed by atoms with Crippen LogP contribution in [-0.4, -0.2) is 69.4 Å². The molecule has 0 spiro atoms. The maximum Gasteiger partial charge on any atom is 0.248 e. The minimum atomic E-state index is 0.0793. The van der Waals surface area contributed by atoms with Crippen molar-refractivity contribution in [3.05, 3.63) is 11.6 Å². The Hall–Kier alpha value is -1.47. The van der Waals surface area contributed by atoms with E-state index in [0.29, 0.717) is 0 Å². The van der Waals surface area contributed by atoms with E-state index in [1.54, 1.807) is 0 Å². The number of aromatic nitrogens is 3. The van der Waals surface area contributed by atoms with Crippen molar-refractivity contribution in [2.24, 2.45) is 7.05 Å². The zero-order valence-corrected chi connectivity index (χ0v) is 16.5. The molecular weight excluding hydrogens is 330 g/mol. The van der Waals surface area contributed by atoms with E-state index in [2.05, 4.69) is 26.7 Å². The largest absolute Gasteiger partial charge is 0.369 e. The number of rotatable bonds is 6. The second kappa shape index (κ2) is 8.95. The lowest BCUT2D eigenvalue weighted by molar-refractivity contribution is -0.138. The smallest absolute Gasteiger partial charge is 0.248 e. The van der Waals surface area contributed by atoms with Crippen molar-refractivity contribution in [1.82, 2.24) is 24.6 Å².